The third kappa shape index (κ3) is 4.53. The first-order valence-corrected chi connectivity index (χ1v) is 8.32. The number of hydrogen-bond acceptors (Lipinski definition) is 3. The van der Waals surface area contributed by atoms with Crippen molar-refractivity contribution in [3.63, 3.8) is 0 Å². The summed E-state index contributed by atoms with van der Waals surface area (Å²) in [6.45, 7) is 6.27. The fourth-order valence-corrected chi connectivity index (χ4v) is 2.83. The quantitative estimate of drug-likeness (QED) is 0.792. The maximum Gasteiger partial charge on any atom is 0.146 e. The van der Waals surface area contributed by atoms with Gasteiger partial charge in [-0.1, -0.05) is 81.4 Å². The molecule has 2 aromatic rings. The topological polar surface area (TPSA) is 46.5 Å². The van der Waals surface area contributed by atoms with E-state index in [4.69, 9.17) is 4.74 Å². The molecule has 0 aliphatic carbocycles. The second kappa shape index (κ2) is 8.22. The molecule has 0 radical (unpaired) electrons. The molecule has 1 N–H and O–H groups in total. The average molecular weight is 326 g/mol. The van der Waals surface area contributed by atoms with Gasteiger partial charge in [0.1, 0.15) is 5.78 Å². The Hall–Kier alpha value is -1.97. The number of aliphatic hydroxyl groups is 1. The second-order valence-electron chi connectivity index (χ2n) is 6.80. The molecule has 0 heterocycles. The van der Waals surface area contributed by atoms with E-state index in [9.17, 15) is 9.90 Å². The normalized spacial score (nSPS) is 14.2. The number of ketones is 1. The molecule has 2 aromatic carbocycles. The molecule has 2 atom stereocenters. The van der Waals surface area contributed by atoms with E-state index < -0.39 is 11.5 Å². The van der Waals surface area contributed by atoms with Gasteiger partial charge in [0.05, 0.1) is 24.7 Å². The van der Waals surface area contributed by atoms with Gasteiger partial charge in [-0.2, -0.15) is 0 Å². The van der Waals surface area contributed by atoms with E-state index in [0.29, 0.717) is 13.2 Å². The first-order chi connectivity index (χ1) is 11.4. The third-order valence-electron chi connectivity index (χ3n) is 4.36. The molecule has 3 heteroatoms. The maximum absolute atomic E-state index is 12.8. The summed E-state index contributed by atoms with van der Waals surface area (Å²) in [5.74, 6) is -0.269. The predicted octanol–water partition coefficient (Wildman–Crippen LogP) is 4.17. The Balaban J connectivity index is 1.93. The third-order valence-corrected chi connectivity index (χ3v) is 4.36. The van der Waals surface area contributed by atoms with Crippen LogP contribution in [0.1, 0.15) is 38.0 Å². The number of ether oxygens (including phenoxy) is 1. The minimum atomic E-state index is -0.864. The van der Waals surface area contributed by atoms with Crippen LogP contribution in [0.4, 0.5) is 0 Å². The molecule has 24 heavy (non-hydrogen) atoms. The highest BCUT2D eigenvalue weighted by Gasteiger charge is 2.38. The van der Waals surface area contributed by atoms with Crippen molar-refractivity contribution >= 4 is 5.78 Å². The lowest BCUT2D eigenvalue weighted by Crippen LogP contribution is -2.37. The van der Waals surface area contributed by atoms with Gasteiger partial charge in [0.2, 0.25) is 0 Å². The van der Waals surface area contributed by atoms with E-state index in [0.717, 1.165) is 11.1 Å². The van der Waals surface area contributed by atoms with Gasteiger partial charge in [-0.05, 0) is 11.1 Å². The zero-order valence-electron chi connectivity index (χ0n) is 14.6. The molecule has 3 nitrogen and oxygen atoms in total. The van der Waals surface area contributed by atoms with Gasteiger partial charge in [0, 0.05) is 5.92 Å². The van der Waals surface area contributed by atoms with Gasteiger partial charge >= 0.3 is 0 Å². The van der Waals surface area contributed by atoms with Gasteiger partial charge in [-0.3, -0.25) is 4.79 Å². The SMILES string of the molecule is C[C@@H](COCc1ccccc1)C(=O)C(C)(C)[C@@H](O)c1ccccc1. The monoisotopic (exact) mass is 326 g/mol. The fourth-order valence-electron chi connectivity index (χ4n) is 2.83. The molecule has 0 spiro atoms. The summed E-state index contributed by atoms with van der Waals surface area (Å²) in [5.41, 5.74) is 0.977. The lowest BCUT2D eigenvalue weighted by molar-refractivity contribution is -0.139. The van der Waals surface area contributed by atoms with E-state index >= 15 is 0 Å². The number of Topliss-reactive ketones (excluding diaryl/α,β-unsaturated/α-hetero) is 1. The van der Waals surface area contributed by atoms with Crippen molar-refractivity contribution in [2.24, 2.45) is 11.3 Å². The van der Waals surface area contributed by atoms with Crippen LogP contribution in [0.2, 0.25) is 0 Å². The molecular formula is C21H26O3. The lowest BCUT2D eigenvalue weighted by atomic mass is 9.75. The van der Waals surface area contributed by atoms with Crippen molar-refractivity contribution < 1.29 is 14.6 Å². The number of aliphatic hydroxyl groups excluding tert-OH is 1. The van der Waals surface area contributed by atoms with Crippen molar-refractivity contribution in [3.05, 3.63) is 71.8 Å². The largest absolute Gasteiger partial charge is 0.387 e. The Kier molecular flexibility index (Phi) is 6.29. The van der Waals surface area contributed by atoms with Crippen molar-refractivity contribution in [2.75, 3.05) is 6.61 Å². The van der Waals surface area contributed by atoms with Crippen molar-refractivity contribution in [1.82, 2.24) is 0 Å². The minimum Gasteiger partial charge on any atom is -0.387 e. The summed E-state index contributed by atoms with van der Waals surface area (Å²) < 4.78 is 5.68. The van der Waals surface area contributed by atoms with Crippen molar-refractivity contribution in [2.45, 2.75) is 33.5 Å². The Morgan fingerprint density at radius 1 is 1.04 bits per heavy atom. The van der Waals surface area contributed by atoms with E-state index in [1.807, 2.05) is 67.6 Å². The summed E-state index contributed by atoms with van der Waals surface area (Å²) in [4.78, 5) is 12.8. The molecule has 0 unspecified atom stereocenters. The number of rotatable bonds is 8. The first-order valence-electron chi connectivity index (χ1n) is 8.32. The molecule has 0 saturated heterocycles. The van der Waals surface area contributed by atoms with Crippen LogP contribution in [0.25, 0.3) is 0 Å². The van der Waals surface area contributed by atoms with Crippen LogP contribution >= 0.6 is 0 Å². The molecule has 0 aliphatic rings. The van der Waals surface area contributed by atoms with Crippen LogP contribution in [0, 0.1) is 11.3 Å². The lowest BCUT2D eigenvalue weighted by Gasteiger charge is -2.31. The van der Waals surface area contributed by atoms with Crippen LogP contribution < -0.4 is 0 Å². The van der Waals surface area contributed by atoms with Crippen LogP contribution in [-0.2, 0) is 16.1 Å². The first kappa shape index (κ1) is 18.4. The van der Waals surface area contributed by atoms with Crippen LogP contribution in [0.5, 0.6) is 0 Å². The maximum atomic E-state index is 12.8. The molecule has 0 saturated carbocycles. The zero-order valence-corrected chi connectivity index (χ0v) is 14.6. The number of hydrogen-bond donors (Lipinski definition) is 1. The van der Waals surface area contributed by atoms with E-state index in [1.54, 1.807) is 13.8 Å². The van der Waals surface area contributed by atoms with E-state index in [-0.39, 0.29) is 11.7 Å². The predicted molar refractivity (Wildman–Crippen MR) is 95.5 cm³/mol. The highest BCUT2D eigenvalue weighted by molar-refractivity contribution is 5.87. The standard InChI is InChI=1S/C21H26O3/c1-16(14-24-15-17-10-6-4-7-11-17)19(22)21(2,3)20(23)18-12-8-5-9-13-18/h4-13,16,20,23H,14-15H2,1-3H3/t16-,20-/m0/s1. The number of carbonyl (C=O) groups excluding carboxylic acids is 1. The summed E-state index contributed by atoms with van der Waals surface area (Å²) in [6.07, 6.45) is -0.831. The Bertz CT molecular complexity index is 635. The molecule has 0 fully saturated rings. The van der Waals surface area contributed by atoms with E-state index in [1.165, 1.54) is 0 Å². The Morgan fingerprint density at radius 2 is 1.58 bits per heavy atom. The highest BCUT2D eigenvalue weighted by Crippen LogP contribution is 2.36. The van der Waals surface area contributed by atoms with Gasteiger partial charge in [0.15, 0.2) is 0 Å². The summed E-state index contributed by atoms with van der Waals surface area (Å²) in [6, 6.07) is 19.2. The van der Waals surface area contributed by atoms with Gasteiger partial charge in [0.25, 0.3) is 0 Å². The van der Waals surface area contributed by atoms with Crippen LogP contribution in [0.3, 0.4) is 0 Å². The smallest absolute Gasteiger partial charge is 0.146 e. The minimum absolute atomic E-state index is 0.00640. The van der Waals surface area contributed by atoms with E-state index in [2.05, 4.69) is 0 Å². The Labute approximate surface area is 144 Å². The van der Waals surface area contributed by atoms with Gasteiger partial charge in [-0.25, -0.2) is 0 Å². The summed E-state index contributed by atoms with van der Waals surface area (Å²) >= 11 is 0. The molecule has 0 aromatic heterocycles. The zero-order chi connectivity index (χ0) is 17.6. The van der Waals surface area contributed by atoms with Crippen molar-refractivity contribution in [1.29, 1.82) is 0 Å². The van der Waals surface area contributed by atoms with Crippen LogP contribution in [0.15, 0.2) is 60.7 Å². The molecule has 2 rings (SSSR count). The molecular weight excluding hydrogens is 300 g/mol. The van der Waals surface area contributed by atoms with Crippen LogP contribution in [-0.4, -0.2) is 17.5 Å². The molecule has 0 aliphatic heterocycles. The molecule has 128 valence electrons. The molecule has 0 bridgehead atoms. The number of carbonyl (C=O) groups is 1. The fraction of sp³-hybridized carbons (Fsp3) is 0.381. The summed E-state index contributed by atoms with van der Waals surface area (Å²) in [5, 5.41) is 10.6. The second-order valence-corrected chi connectivity index (χ2v) is 6.80. The Morgan fingerprint density at radius 3 is 2.17 bits per heavy atom. The van der Waals surface area contributed by atoms with Crippen molar-refractivity contribution in [3.8, 4) is 0 Å². The number of benzene rings is 2. The molecule has 0 amide bonds. The van der Waals surface area contributed by atoms with Gasteiger partial charge < -0.3 is 9.84 Å². The summed E-state index contributed by atoms with van der Waals surface area (Å²) in [7, 11) is 0. The average Bonchev–Trinajstić information content (AvgIpc) is 2.61. The highest BCUT2D eigenvalue weighted by atomic mass is 16.5. The van der Waals surface area contributed by atoms with Gasteiger partial charge in [-0.15, -0.1) is 0 Å².